The number of nitrogens with zero attached hydrogens (tertiary/aromatic N) is 1. The van der Waals surface area contributed by atoms with E-state index < -0.39 is 5.54 Å². The van der Waals surface area contributed by atoms with Crippen molar-refractivity contribution in [3.8, 4) is 0 Å². The Balaban J connectivity index is 1.81. The van der Waals surface area contributed by atoms with Crippen molar-refractivity contribution in [2.24, 2.45) is 17.1 Å². The number of carbonyl (C=O) groups is 1. The van der Waals surface area contributed by atoms with Gasteiger partial charge in [-0.2, -0.15) is 0 Å². The van der Waals surface area contributed by atoms with E-state index in [0.29, 0.717) is 0 Å². The fourth-order valence-corrected chi connectivity index (χ4v) is 4.13. The highest BCUT2D eigenvalue weighted by Crippen LogP contribution is 2.58. The molecule has 2 aliphatic heterocycles. The first-order valence-electron chi connectivity index (χ1n) is 7.40. The number of ether oxygens (including phenoxy) is 1. The maximum absolute atomic E-state index is 12.9. The van der Waals surface area contributed by atoms with Crippen LogP contribution in [-0.2, 0) is 9.53 Å². The molecule has 3 unspecified atom stereocenters. The van der Waals surface area contributed by atoms with Crippen molar-refractivity contribution in [3.63, 3.8) is 0 Å². The molecular formula is C14H25N3O2. The highest BCUT2D eigenvalue weighted by atomic mass is 16.5. The molecule has 2 heterocycles. The molecule has 0 aromatic heterocycles. The Bertz CT molecular complexity index is 377. The van der Waals surface area contributed by atoms with E-state index in [4.69, 9.17) is 10.5 Å². The minimum Gasteiger partial charge on any atom is -0.377 e. The van der Waals surface area contributed by atoms with Crippen molar-refractivity contribution in [1.29, 1.82) is 0 Å². The van der Waals surface area contributed by atoms with Gasteiger partial charge in [0.25, 0.3) is 0 Å². The molecule has 2 saturated heterocycles. The van der Waals surface area contributed by atoms with Crippen LogP contribution in [-0.4, -0.2) is 55.2 Å². The summed E-state index contributed by atoms with van der Waals surface area (Å²) in [5, 5.41) is 3.33. The third-order valence-corrected chi connectivity index (χ3v) is 5.44. The number of amides is 1. The van der Waals surface area contributed by atoms with Gasteiger partial charge in [0, 0.05) is 37.6 Å². The van der Waals surface area contributed by atoms with Crippen molar-refractivity contribution >= 4 is 5.91 Å². The van der Waals surface area contributed by atoms with Crippen LogP contribution in [0.1, 0.15) is 26.7 Å². The largest absolute Gasteiger partial charge is 0.377 e. The minimum atomic E-state index is -0.738. The molecule has 3 atom stereocenters. The number of hydrogen-bond acceptors (Lipinski definition) is 4. The van der Waals surface area contributed by atoms with Crippen LogP contribution >= 0.6 is 0 Å². The van der Waals surface area contributed by atoms with Gasteiger partial charge in [-0.1, -0.05) is 13.8 Å². The molecule has 1 amide bonds. The van der Waals surface area contributed by atoms with Crippen LogP contribution in [0.25, 0.3) is 0 Å². The van der Waals surface area contributed by atoms with Gasteiger partial charge >= 0.3 is 0 Å². The molecule has 5 nitrogen and oxygen atoms in total. The zero-order valence-electron chi connectivity index (χ0n) is 11.9. The quantitative estimate of drug-likeness (QED) is 0.699. The molecule has 0 radical (unpaired) electrons. The molecule has 108 valence electrons. The zero-order chi connectivity index (χ0) is 13.7. The lowest BCUT2D eigenvalue weighted by Crippen LogP contribution is -2.80. The average molecular weight is 267 g/mol. The number of fused-ring (bicyclic) bond motifs is 1. The van der Waals surface area contributed by atoms with Gasteiger partial charge in [0.1, 0.15) is 5.54 Å². The van der Waals surface area contributed by atoms with E-state index in [1.165, 1.54) is 0 Å². The van der Waals surface area contributed by atoms with Crippen LogP contribution in [0.2, 0.25) is 0 Å². The monoisotopic (exact) mass is 267 g/mol. The van der Waals surface area contributed by atoms with Crippen LogP contribution < -0.4 is 11.1 Å². The van der Waals surface area contributed by atoms with Gasteiger partial charge in [-0.3, -0.25) is 4.79 Å². The van der Waals surface area contributed by atoms with E-state index in [2.05, 4.69) is 19.2 Å². The number of hydrogen-bond donors (Lipinski definition) is 2. The average Bonchev–Trinajstić information content (AvgIpc) is 2.71. The van der Waals surface area contributed by atoms with Gasteiger partial charge < -0.3 is 20.7 Å². The Morgan fingerprint density at radius 2 is 2.16 bits per heavy atom. The minimum absolute atomic E-state index is 0.132. The van der Waals surface area contributed by atoms with Crippen molar-refractivity contribution in [2.45, 2.75) is 38.3 Å². The smallest absolute Gasteiger partial charge is 0.243 e. The molecular weight excluding hydrogens is 242 g/mol. The Morgan fingerprint density at radius 1 is 1.37 bits per heavy atom. The van der Waals surface area contributed by atoms with Crippen molar-refractivity contribution in [3.05, 3.63) is 0 Å². The molecule has 19 heavy (non-hydrogen) atoms. The Morgan fingerprint density at radius 3 is 2.95 bits per heavy atom. The third kappa shape index (κ3) is 1.68. The molecule has 1 aliphatic carbocycles. The predicted molar refractivity (Wildman–Crippen MR) is 72.6 cm³/mol. The summed E-state index contributed by atoms with van der Waals surface area (Å²) in [5.41, 5.74) is 5.60. The lowest BCUT2D eigenvalue weighted by atomic mass is 9.47. The maximum Gasteiger partial charge on any atom is 0.243 e. The van der Waals surface area contributed by atoms with Crippen LogP contribution in [0.5, 0.6) is 0 Å². The zero-order valence-corrected chi connectivity index (χ0v) is 11.9. The highest BCUT2D eigenvalue weighted by molar-refractivity contribution is 5.89. The number of rotatable bonds is 1. The Labute approximate surface area is 114 Å². The molecule has 3 aliphatic rings. The second kappa shape index (κ2) is 4.43. The van der Waals surface area contributed by atoms with Gasteiger partial charge in [-0.25, -0.2) is 0 Å². The summed E-state index contributed by atoms with van der Waals surface area (Å²) < 4.78 is 5.76. The lowest BCUT2D eigenvalue weighted by Gasteiger charge is -2.61. The van der Waals surface area contributed by atoms with Crippen LogP contribution in [0, 0.1) is 11.3 Å². The molecule has 5 heteroatoms. The molecule has 3 fully saturated rings. The van der Waals surface area contributed by atoms with E-state index in [0.717, 1.165) is 45.6 Å². The Hall–Kier alpha value is -0.650. The van der Waals surface area contributed by atoms with Gasteiger partial charge in [-0.15, -0.1) is 0 Å². The molecule has 0 bridgehead atoms. The van der Waals surface area contributed by atoms with E-state index in [1.807, 2.05) is 4.90 Å². The number of carbonyl (C=O) groups excluding carboxylic acids is 1. The molecule has 1 saturated carbocycles. The first-order chi connectivity index (χ1) is 8.99. The molecule has 3 N–H and O–H groups in total. The second-order valence-electron chi connectivity index (χ2n) is 6.67. The molecule has 0 aromatic rings. The first-order valence-corrected chi connectivity index (χ1v) is 7.40. The van der Waals surface area contributed by atoms with Gasteiger partial charge in [0.15, 0.2) is 0 Å². The lowest BCUT2D eigenvalue weighted by molar-refractivity contribution is -0.184. The van der Waals surface area contributed by atoms with Crippen molar-refractivity contribution in [1.82, 2.24) is 10.2 Å². The van der Waals surface area contributed by atoms with E-state index in [9.17, 15) is 4.79 Å². The summed E-state index contributed by atoms with van der Waals surface area (Å²) in [4.78, 5) is 14.9. The van der Waals surface area contributed by atoms with E-state index in [1.54, 1.807) is 0 Å². The first kappa shape index (κ1) is 13.3. The number of nitrogens with one attached hydrogen (secondary N) is 1. The third-order valence-electron chi connectivity index (χ3n) is 5.44. The van der Waals surface area contributed by atoms with E-state index >= 15 is 0 Å². The van der Waals surface area contributed by atoms with E-state index in [-0.39, 0.29) is 23.3 Å². The van der Waals surface area contributed by atoms with Crippen LogP contribution in [0.4, 0.5) is 0 Å². The van der Waals surface area contributed by atoms with Crippen molar-refractivity contribution in [2.75, 3.05) is 32.8 Å². The topological polar surface area (TPSA) is 67.6 Å². The standard InChI is InChI=1S/C14H25N3O2/c1-13(2)11-10(4-9-19-11)14(13,15)12(18)17-7-3-5-16-6-8-17/h10-11,16H,3-9,15H2,1-2H3. The van der Waals surface area contributed by atoms with Crippen LogP contribution in [0.15, 0.2) is 0 Å². The summed E-state index contributed by atoms with van der Waals surface area (Å²) in [5.74, 6) is 0.333. The SMILES string of the molecule is CC1(C)C2OCCC2C1(N)C(=O)N1CCCNCC1. The summed E-state index contributed by atoms with van der Waals surface area (Å²) in [7, 11) is 0. The number of nitrogens with two attached hydrogens (primary N) is 1. The van der Waals surface area contributed by atoms with Crippen LogP contribution in [0.3, 0.4) is 0 Å². The van der Waals surface area contributed by atoms with Gasteiger partial charge in [-0.05, 0) is 19.4 Å². The summed E-state index contributed by atoms with van der Waals surface area (Å²) in [6, 6.07) is 0. The molecule has 0 aromatic carbocycles. The fourth-order valence-electron chi connectivity index (χ4n) is 4.13. The van der Waals surface area contributed by atoms with Crippen molar-refractivity contribution < 1.29 is 9.53 Å². The molecule has 0 spiro atoms. The fraction of sp³-hybridized carbons (Fsp3) is 0.929. The van der Waals surface area contributed by atoms with Gasteiger partial charge in [0.05, 0.1) is 6.10 Å². The Kier molecular flexibility index (Phi) is 3.11. The highest BCUT2D eigenvalue weighted by Gasteiger charge is 2.71. The normalized spacial score (nSPS) is 41.3. The predicted octanol–water partition coefficient (Wildman–Crippen LogP) is -0.0493. The summed E-state index contributed by atoms with van der Waals surface area (Å²) >= 11 is 0. The second-order valence-corrected chi connectivity index (χ2v) is 6.67. The maximum atomic E-state index is 12.9. The molecule has 3 rings (SSSR count). The summed E-state index contributed by atoms with van der Waals surface area (Å²) in [6.07, 6.45) is 2.08. The van der Waals surface area contributed by atoms with Gasteiger partial charge in [0.2, 0.25) is 5.91 Å². The summed E-state index contributed by atoms with van der Waals surface area (Å²) in [6.45, 7) is 8.34.